The molecule has 0 aliphatic heterocycles. The zero-order valence-corrected chi connectivity index (χ0v) is 10.8. The summed E-state index contributed by atoms with van der Waals surface area (Å²) in [5, 5.41) is 10.3. The summed E-state index contributed by atoms with van der Waals surface area (Å²) in [4.78, 5) is 0. The summed E-state index contributed by atoms with van der Waals surface area (Å²) < 4.78 is 38.4. The van der Waals surface area contributed by atoms with Crippen molar-refractivity contribution in [3.63, 3.8) is 0 Å². The van der Waals surface area contributed by atoms with Crippen molar-refractivity contribution in [1.82, 2.24) is 0 Å². The van der Waals surface area contributed by atoms with Gasteiger partial charge in [0.2, 0.25) is 0 Å². The Hall–Kier alpha value is -2.01. The molecule has 5 heteroatoms. The van der Waals surface area contributed by atoms with Crippen LogP contribution in [0.1, 0.15) is 28.4 Å². The minimum atomic E-state index is -4.54. The highest BCUT2D eigenvalue weighted by Gasteiger charge is 2.34. The number of halogens is 3. The number of alkyl halides is 3. The smallest absolute Gasteiger partial charge is 0.398 e. The van der Waals surface area contributed by atoms with Crippen molar-refractivity contribution in [3.8, 4) is 0 Å². The number of anilines is 1. The van der Waals surface area contributed by atoms with Crippen LogP contribution >= 0.6 is 0 Å². The van der Waals surface area contributed by atoms with Gasteiger partial charge in [-0.05, 0) is 24.1 Å². The maximum Gasteiger partial charge on any atom is 0.418 e. The predicted octanol–water partition coefficient (Wildman–Crippen LogP) is 3.68. The van der Waals surface area contributed by atoms with Crippen molar-refractivity contribution in [2.45, 2.75) is 19.2 Å². The number of rotatable bonds is 2. The van der Waals surface area contributed by atoms with E-state index in [-0.39, 0.29) is 5.56 Å². The zero-order chi connectivity index (χ0) is 14.9. The second-order valence-corrected chi connectivity index (χ2v) is 4.57. The Kier molecular flexibility index (Phi) is 3.72. The molecule has 0 amide bonds. The summed E-state index contributed by atoms with van der Waals surface area (Å²) in [6.45, 7) is 1.78. The normalized spacial score (nSPS) is 13.2. The van der Waals surface area contributed by atoms with Crippen molar-refractivity contribution >= 4 is 5.69 Å². The SMILES string of the molecule is Cc1ccccc1C(O)c1cccc(C(F)(F)F)c1N. The third-order valence-corrected chi connectivity index (χ3v) is 3.22. The molecule has 0 radical (unpaired) electrons. The molecule has 0 heterocycles. The molecule has 0 aromatic heterocycles. The molecule has 2 aromatic carbocycles. The van der Waals surface area contributed by atoms with Gasteiger partial charge in [-0.3, -0.25) is 0 Å². The predicted molar refractivity (Wildman–Crippen MR) is 71.1 cm³/mol. The van der Waals surface area contributed by atoms with Crippen LogP contribution in [0.25, 0.3) is 0 Å². The molecule has 0 aliphatic rings. The highest BCUT2D eigenvalue weighted by molar-refractivity contribution is 5.58. The van der Waals surface area contributed by atoms with Gasteiger partial charge in [-0.25, -0.2) is 0 Å². The lowest BCUT2D eigenvalue weighted by molar-refractivity contribution is -0.137. The Morgan fingerprint density at radius 2 is 1.60 bits per heavy atom. The van der Waals surface area contributed by atoms with Crippen molar-refractivity contribution in [3.05, 3.63) is 64.7 Å². The van der Waals surface area contributed by atoms with E-state index in [0.29, 0.717) is 5.56 Å². The number of nitrogen functional groups attached to an aromatic ring is 1. The molecule has 0 spiro atoms. The van der Waals surface area contributed by atoms with Gasteiger partial charge in [0.1, 0.15) is 6.10 Å². The summed E-state index contributed by atoms with van der Waals surface area (Å²) >= 11 is 0. The highest BCUT2D eigenvalue weighted by atomic mass is 19.4. The van der Waals surface area contributed by atoms with E-state index in [1.165, 1.54) is 12.1 Å². The Labute approximate surface area is 114 Å². The second-order valence-electron chi connectivity index (χ2n) is 4.57. The first-order valence-electron chi connectivity index (χ1n) is 6.01. The van der Waals surface area contributed by atoms with E-state index < -0.39 is 23.5 Å². The third-order valence-electron chi connectivity index (χ3n) is 3.22. The molecule has 0 fully saturated rings. The molecular weight excluding hydrogens is 267 g/mol. The molecule has 0 aliphatic carbocycles. The molecule has 0 saturated heterocycles. The Morgan fingerprint density at radius 1 is 1.00 bits per heavy atom. The molecule has 0 bridgehead atoms. The van der Waals surface area contributed by atoms with E-state index in [9.17, 15) is 18.3 Å². The largest absolute Gasteiger partial charge is 0.418 e. The van der Waals surface area contributed by atoms with E-state index in [1.807, 2.05) is 0 Å². The second kappa shape index (κ2) is 5.17. The van der Waals surface area contributed by atoms with Gasteiger partial charge in [-0.15, -0.1) is 0 Å². The number of hydrogen-bond donors (Lipinski definition) is 2. The Bertz CT molecular complexity index is 623. The molecule has 2 aromatic rings. The number of aryl methyl sites for hydroxylation is 1. The number of nitrogens with two attached hydrogens (primary N) is 1. The van der Waals surface area contributed by atoms with Crippen LogP contribution < -0.4 is 5.73 Å². The van der Waals surface area contributed by atoms with E-state index in [0.717, 1.165) is 11.6 Å². The van der Waals surface area contributed by atoms with Crippen molar-refractivity contribution in [2.75, 3.05) is 5.73 Å². The molecule has 2 nitrogen and oxygen atoms in total. The average molecular weight is 281 g/mol. The van der Waals surface area contributed by atoms with Gasteiger partial charge in [0.25, 0.3) is 0 Å². The van der Waals surface area contributed by atoms with E-state index >= 15 is 0 Å². The van der Waals surface area contributed by atoms with Crippen LogP contribution in [0, 0.1) is 6.92 Å². The summed E-state index contributed by atoms with van der Waals surface area (Å²) in [6.07, 6.45) is -5.72. The van der Waals surface area contributed by atoms with Crippen LogP contribution in [0.5, 0.6) is 0 Å². The van der Waals surface area contributed by atoms with E-state index in [2.05, 4.69) is 0 Å². The molecule has 2 rings (SSSR count). The lowest BCUT2D eigenvalue weighted by Gasteiger charge is -2.19. The van der Waals surface area contributed by atoms with Gasteiger partial charge >= 0.3 is 6.18 Å². The number of aliphatic hydroxyl groups excluding tert-OH is 1. The molecule has 1 unspecified atom stereocenters. The molecular formula is C15H14F3NO. The van der Waals surface area contributed by atoms with Crippen molar-refractivity contribution in [2.24, 2.45) is 0 Å². The van der Waals surface area contributed by atoms with Gasteiger partial charge in [0, 0.05) is 11.3 Å². The number of aliphatic hydroxyl groups is 1. The lowest BCUT2D eigenvalue weighted by atomic mass is 9.94. The third kappa shape index (κ3) is 2.63. The fourth-order valence-corrected chi connectivity index (χ4v) is 2.13. The Morgan fingerprint density at radius 3 is 2.20 bits per heavy atom. The summed E-state index contributed by atoms with van der Waals surface area (Å²) in [6, 6.07) is 10.5. The van der Waals surface area contributed by atoms with Gasteiger partial charge in [-0.1, -0.05) is 36.4 Å². The van der Waals surface area contributed by atoms with Crippen molar-refractivity contribution in [1.29, 1.82) is 0 Å². The average Bonchev–Trinajstić information content (AvgIpc) is 2.37. The summed E-state index contributed by atoms with van der Waals surface area (Å²) in [5.74, 6) is 0. The minimum Gasteiger partial charge on any atom is -0.398 e. The van der Waals surface area contributed by atoms with E-state index in [1.54, 1.807) is 31.2 Å². The van der Waals surface area contributed by atoms with Crippen LogP contribution in [0.15, 0.2) is 42.5 Å². The molecule has 1 atom stereocenters. The van der Waals surface area contributed by atoms with Crippen LogP contribution in [0.2, 0.25) is 0 Å². The first-order chi connectivity index (χ1) is 9.32. The molecule has 106 valence electrons. The van der Waals surface area contributed by atoms with Crippen LogP contribution in [0.3, 0.4) is 0 Å². The van der Waals surface area contributed by atoms with Gasteiger partial charge in [0.05, 0.1) is 5.56 Å². The minimum absolute atomic E-state index is 0.0640. The van der Waals surface area contributed by atoms with Gasteiger partial charge in [0.15, 0.2) is 0 Å². The quantitative estimate of drug-likeness (QED) is 0.825. The zero-order valence-electron chi connectivity index (χ0n) is 10.8. The van der Waals surface area contributed by atoms with Gasteiger partial charge in [-0.2, -0.15) is 13.2 Å². The van der Waals surface area contributed by atoms with Crippen LogP contribution in [-0.2, 0) is 6.18 Å². The van der Waals surface area contributed by atoms with Crippen LogP contribution in [-0.4, -0.2) is 5.11 Å². The maximum atomic E-state index is 12.8. The fraction of sp³-hybridized carbons (Fsp3) is 0.200. The summed E-state index contributed by atoms with van der Waals surface area (Å²) in [7, 11) is 0. The molecule has 0 saturated carbocycles. The van der Waals surface area contributed by atoms with Crippen LogP contribution in [0.4, 0.5) is 18.9 Å². The van der Waals surface area contributed by atoms with E-state index in [4.69, 9.17) is 5.73 Å². The lowest BCUT2D eigenvalue weighted by Crippen LogP contribution is -2.13. The van der Waals surface area contributed by atoms with Gasteiger partial charge < -0.3 is 10.8 Å². The highest BCUT2D eigenvalue weighted by Crippen LogP contribution is 2.38. The van der Waals surface area contributed by atoms with Crippen molar-refractivity contribution < 1.29 is 18.3 Å². The summed E-state index contributed by atoms with van der Waals surface area (Å²) in [5.41, 5.74) is 5.61. The first-order valence-corrected chi connectivity index (χ1v) is 6.01. The standard InChI is InChI=1S/C15H14F3NO/c1-9-5-2-3-6-10(9)14(20)11-7-4-8-12(13(11)19)15(16,17)18/h2-8,14,20H,19H2,1H3. The fourth-order valence-electron chi connectivity index (χ4n) is 2.13. The Balaban J connectivity index is 2.52. The molecule has 20 heavy (non-hydrogen) atoms. The monoisotopic (exact) mass is 281 g/mol. The molecule has 3 N–H and O–H groups in total. The maximum absolute atomic E-state index is 12.8. The first kappa shape index (κ1) is 14.4. The topological polar surface area (TPSA) is 46.2 Å². The number of para-hydroxylation sites is 1. The number of hydrogen-bond acceptors (Lipinski definition) is 2. The number of benzene rings is 2.